The number of para-hydroxylation sites is 1. The van der Waals surface area contributed by atoms with Crippen LogP contribution in [0.1, 0.15) is 22.9 Å². The number of H-pyrrole nitrogens is 1. The van der Waals surface area contributed by atoms with Gasteiger partial charge in [-0.15, -0.1) is 0 Å². The quantitative estimate of drug-likeness (QED) is 0.586. The molecule has 0 amide bonds. The number of nitrogens with one attached hydrogen (secondary N) is 2. The number of hydrogen-bond donors (Lipinski definition) is 4. The number of aromatic nitrogens is 1. The summed E-state index contributed by atoms with van der Waals surface area (Å²) < 4.78 is 0. The number of carboxylic acids is 1. The van der Waals surface area contributed by atoms with Crippen molar-refractivity contribution in [2.75, 3.05) is 0 Å². The van der Waals surface area contributed by atoms with Gasteiger partial charge < -0.3 is 15.2 Å². The van der Waals surface area contributed by atoms with Crippen LogP contribution in [0.5, 0.6) is 5.75 Å². The number of hydrogen-bond acceptors (Lipinski definition) is 3. The highest BCUT2D eigenvalue weighted by Crippen LogP contribution is 2.35. The first kappa shape index (κ1) is 13.8. The summed E-state index contributed by atoms with van der Waals surface area (Å²) in [5.41, 5.74) is 3.97. The molecule has 0 bridgehead atoms. The normalized spacial score (nSPS) is 20.3. The fraction of sp³-hybridized carbons (Fsp3) is 0.167. The Balaban J connectivity index is 1.89. The minimum absolute atomic E-state index is 0.191. The standard InChI is InChI=1S/C18H16N2O3/c21-11-7-5-10(6-8-11)16-17-13(9-15(20-16)18(22)23)12-3-1-2-4-14(12)19-17/h1-8,15-16,19-21H,9H2,(H,22,23)/t15-,16+/m1/s1. The molecule has 2 heterocycles. The Labute approximate surface area is 132 Å². The summed E-state index contributed by atoms with van der Waals surface area (Å²) in [5.74, 6) is -0.666. The molecule has 4 rings (SSSR count). The van der Waals surface area contributed by atoms with Crippen LogP contribution < -0.4 is 5.32 Å². The summed E-state index contributed by atoms with van der Waals surface area (Å²) in [5, 5.41) is 23.2. The number of aliphatic carboxylic acids is 1. The summed E-state index contributed by atoms with van der Waals surface area (Å²) in [6.45, 7) is 0. The Morgan fingerprint density at radius 3 is 2.57 bits per heavy atom. The first-order chi connectivity index (χ1) is 11.1. The van der Waals surface area contributed by atoms with Crippen LogP contribution in [0.3, 0.4) is 0 Å². The number of fused-ring (bicyclic) bond motifs is 3. The van der Waals surface area contributed by atoms with Gasteiger partial charge in [-0.2, -0.15) is 0 Å². The highest BCUT2D eigenvalue weighted by atomic mass is 16.4. The Kier molecular flexibility index (Phi) is 3.09. The van der Waals surface area contributed by atoms with Crippen LogP contribution >= 0.6 is 0 Å². The fourth-order valence-corrected chi connectivity index (χ4v) is 3.32. The van der Waals surface area contributed by atoms with Crippen LogP contribution in [0, 0.1) is 0 Å². The Hall–Kier alpha value is -2.79. The molecule has 5 heteroatoms. The largest absolute Gasteiger partial charge is 0.508 e. The minimum Gasteiger partial charge on any atom is -0.508 e. The van der Waals surface area contributed by atoms with E-state index in [9.17, 15) is 15.0 Å². The van der Waals surface area contributed by atoms with E-state index < -0.39 is 12.0 Å². The van der Waals surface area contributed by atoms with Crippen molar-refractivity contribution in [2.24, 2.45) is 0 Å². The number of benzene rings is 2. The number of rotatable bonds is 2. The topological polar surface area (TPSA) is 85.3 Å². The van der Waals surface area contributed by atoms with Crippen LogP contribution in [0.25, 0.3) is 10.9 Å². The summed E-state index contributed by atoms with van der Waals surface area (Å²) in [7, 11) is 0. The number of carbonyl (C=O) groups is 1. The molecule has 0 saturated carbocycles. The predicted octanol–water partition coefficient (Wildman–Crippen LogP) is 2.56. The summed E-state index contributed by atoms with van der Waals surface area (Å²) >= 11 is 0. The van der Waals surface area contributed by atoms with Crippen molar-refractivity contribution in [1.29, 1.82) is 0 Å². The van der Waals surface area contributed by atoms with Crippen LogP contribution in [-0.4, -0.2) is 27.2 Å². The zero-order chi connectivity index (χ0) is 16.0. The maximum atomic E-state index is 11.5. The van der Waals surface area contributed by atoms with E-state index in [4.69, 9.17) is 0 Å². The van der Waals surface area contributed by atoms with E-state index >= 15 is 0 Å². The van der Waals surface area contributed by atoms with Gasteiger partial charge in [0.25, 0.3) is 0 Å². The molecule has 1 aliphatic heterocycles. The van der Waals surface area contributed by atoms with Gasteiger partial charge in [-0.25, -0.2) is 0 Å². The van der Waals surface area contributed by atoms with E-state index in [1.807, 2.05) is 36.4 Å². The lowest BCUT2D eigenvalue weighted by molar-refractivity contribution is -0.139. The fourth-order valence-electron chi connectivity index (χ4n) is 3.32. The zero-order valence-electron chi connectivity index (χ0n) is 12.3. The second-order valence-corrected chi connectivity index (χ2v) is 5.85. The number of aromatic amines is 1. The summed E-state index contributed by atoms with van der Waals surface area (Å²) in [6, 6.07) is 13.9. The highest BCUT2D eigenvalue weighted by molar-refractivity contribution is 5.87. The van der Waals surface area contributed by atoms with Crippen molar-refractivity contribution in [3.63, 3.8) is 0 Å². The molecule has 0 radical (unpaired) electrons. The predicted molar refractivity (Wildman–Crippen MR) is 86.5 cm³/mol. The van der Waals surface area contributed by atoms with Gasteiger partial charge in [0.2, 0.25) is 0 Å². The first-order valence-corrected chi connectivity index (χ1v) is 7.51. The second kappa shape index (κ2) is 5.14. The zero-order valence-corrected chi connectivity index (χ0v) is 12.3. The van der Waals surface area contributed by atoms with Crippen molar-refractivity contribution in [1.82, 2.24) is 10.3 Å². The van der Waals surface area contributed by atoms with Gasteiger partial charge in [0, 0.05) is 23.0 Å². The maximum absolute atomic E-state index is 11.5. The molecule has 23 heavy (non-hydrogen) atoms. The lowest BCUT2D eigenvalue weighted by Crippen LogP contribution is -2.44. The Bertz CT molecular complexity index is 883. The Morgan fingerprint density at radius 1 is 1.09 bits per heavy atom. The Morgan fingerprint density at radius 2 is 1.83 bits per heavy atom. The molecule has 2 atom stereocenters. The van der Waals surface area contributed by atoms with Crippen LogP contribution in [-0.2, 0) is 11.2 Å². The van der Waals surface area contributed by atoms with Crippen molar-refractivity contribution in [3.05, 3.63) is 65.4 Å². The van der Waals surface area contributed by atoms with Crippen molar-refractivity contribution >= 4 is 16.9 Å². The van der Waals surface area contributed by atoms with Gasteiger partial charge in [0.15, 0.2) is 0 Å². The third-order valence-corrected chi connectivity index (χ3v) is 4.44. The summed E-state index contributed by atoms with van der Waals surface area (Å²) in [4.78, 5) is 15.0. The van der Waals surface area contributed by atoms with Crippen molar-refractivity contribution < 1.29 is 15.0 Å². The monoisotopic (exact) mass is 308 g/mol. The van der Waals surface area contributed by atoms with Gasteiger partial charge >= 0.3 is 5.97 Å². The minimum atomic E-state index is -0.857. The molecule has 0 spiro atoms. The number of aromatic hydroxyl groups is 1. The van der Waals surface area contributed by atoms with Gasteiger partial charge in [0.1, 0.15) is 11.8 Å². The molecule has 116 valence electrons. The average Bonchev–Trinajstić information content (AvgIpc) is 2.93. The first-order valence-electron chi connectivity index (χ1n) is 7.51. The van der Waals surface area contributed by atoms with Crippen molar-refractivity contribution in [3.8, 4) is 5.75 Å². The van der Waals surface area contributed by atoms with E-state index in [1.165, 1.54) is 0 Å². The van der Waals surface area contributed by atoms with E-state index in [2.05, 4.69) is 10.3 Å². The van der Waals surface area contributed by atoms with Gasteiger partial charge in [0.05, 0.1) is 6.04 Å². The van der Waals surface area contributed by atoms with Crippen LogP contribution in [0.4, 0.5) is 0 Å². The van der Waals surface area contributed by atoms with E-state index in [-0.39, 0.29) is 11.8 Å². The molecule has 5 nitrogen and oxygen atoms in total. The highest BCUT2D eigenvalue weighted by Gasteiger charge is 2.33. The molecule has 0 fully saturated rings. The van der Waals surface area contributed by atoms with Gasteiger partial charge in [-0.3, -0.25) is 10.1 Å². The number of phenols is 1. The molecular weight excluding hydrogens is 292 g/mol. The molecular formula is C18H16N2O3. The molecule has 2 aromatic carbocycles. The van der Waals surface area contributed by atoms with Crippen LogP contribution in [0.2, 0.25) is 0 Å². The second-order valence-electron chi connectivity index (χ2n) is 5.85. The van der Waals surface area contributed by atoms with E-state index in [1.54, 1.807) is 12.1 Å². The molecule has 4 N–H and O–H groups in total. The third-order valence-electron chi connectivity index (χ3n) is 4.44. The molecule has 3 aromatic rings. The summed E-state index contributed by atoms with van der Waals surface area (Å²) in [6.07, 6.45) is 0.448. The van der Waals surface area contributed by atoms with Crippen LogP contribution in [0.15, 0.2) is 48.5 Å². The van der Waals surface area contributed by atoms with Crippen molar-refractivity contribution in [2.45, 2.75) is 18.5 Å². The molecule has 1 aliphatic rings. The lowest BCUT2D eigenvalue weighted by Gasteiger charge is -2.29. The molecule has 1 aromatic heterocycles. The van der Waals surface area contributed by atoms with Gasteiger partial charge in [-0.05, 0) is 29.3 Å². The third kappa shape index (κ3) is 2.26. The van der Waals surface area contributed by atoms with Gasteiger partial charge in [-0.1, -0.05) is 30.3 Å². The number of phenolic OH excluding ortho intramolecular Hbond substituents is 1. The maximum Gasteiger partial charge on any atom is 0.321 e. The smallest absolute Gasteiger partial charge is 0.321 e. The average molecular weight is 308 g/mol. The molecule has 0 unspecified atom stereocenters. The number of carboxylic acid groups (broad SMARTS) is 1. The van der Waals surface area contributed by atoms with E-state index in [0.29, 0.717) is 6.42 Å². The SMILES string of the molecule is O=C(O)[C@H]1Cc2c([nH]c3ccccc23)[C@H](c2ccc(O)cc2)N1. The van der Waals surface area contributed by atoms with E-state index in [0.717, 1.165) is 27.7 Å². The molecule has 0 saturated heterocycles. The molecule has 0 aliphatic carbocycles. The lowest BCUT2D eigenvalue weighted by atomic mass is 9.90.